The summed E-state index contributed by atoms with van der Waals surface area (Å²) in [6.45, 7) is 1.96. The summed E-state index contributed by atoms with van der Waals surface area (Å²) in [5.41, 5.74) is 1.95. The van der Waals surface area contributed by atoms with Crippen molar-refractivity contribution in [2.24, 2.45) is 0 Å². The minimum Gasteiger partial charge on any atom is -0.494 e. The number of pyridine rings is 1. The van der Waals surface area contributed by atoms with Crippen LogP contribution in [0.3, 0.4) is 0 Å². The second-order valence-electron chi connectivity index (χ2n) is 6.20. The Morgan fingerprint density at radius 1 is 1.11 bits per heavy atom. The largest absolute Gasteiger partial charge is 0.494 e. The fraction of sp³-hybridized carbons (Fsp3) is 0.200. The molecule has 0 atom stereocenters. The predicted octanol–water partition coefficient (Wildman–Crippen LogP) is 2.72. The minimum atomic E-state index is -3.76. The molecule has 2 aromatic carbocycles. The van der Waals surface area contributed by atoms with Gasteiger partial charge in [-0.15, -0.1) is 0 Å². The maximum Gasteiger partial charge on any atom is 0.261 e. The Morgan fingerprint density at radius 3 is 2.54 bits per heavy atom. The Morgan fingerprint density at radius 2 is 1.86 bits per heavy atom. The molecule has 3 rings (SSSR count). The van der Waals surface area contributed by atoms with Crippen LogP contribution in [-0.4, -0.2) is 33.0 Å². The fourth-order valence-corrected chi connectivity index (χ4v) is 3.90. The first-order valence-corrected chi connectivity index (χ1v) is 10.2. The number of nitrogens with zero attached hydrogens (tertiary/aromatic N) is 1. The van der Waals surface area contributed by atoms with Gasteiger partial charge in [-0.1, -0.05) is 12.1 Å². The van der Waals surface area contributed by atoms with Gasteiger partial charge >= 0.3 is 0 Å². The van der Waals surface area contributed by atoms with E-state index in [4.69, 9.17) is 4.74 Å². The third-order valence-corrected chi connectivity index (χ3v) is 5.60. The molecule has 0 saturated carbocycles. The predicted molar refractivity (Wildman–Crippen MR) is 108 cm³/mol. The monoisotopic (exact) mass is 399 g/mol. The number of nitrogens with one attached hydrogen (secondary N) is 2. The molecule has 146 valence electrons. The molecule has 0 fully saturated rings. The topological polar surface area (TPSA) is 97.4 Å². The van der Waals surface area contributed by atoms with Crippen molar-refractivity contribution < 1.29 is 17.9 Å². The summed E-state index contributed by atoms with van der Waals surface area (Å²) in [5.74, 6) is 0.478. The van der Waals surface area contributed by atoms with Crippen molar-refractivity contribution in [1.82, 2.24) is 10.3 Å². The van der Waals surface area contributed by atoms with Crippen LogP contribution in [0.15, 0.2) is 59.6 Å². The highest BCUT2D eigenvalue weighted by Crippen LogP contribution is 2.31. The lowest BCUT2D eigenvalue weighted by Gasteiger charge is -2.13. The van der Waals surface area contributed by atoms with Gasteiger partial charge in [0.25, 0.3) is 10.0 Å². The summed E-state index contributed by atoms with van der Waals surface area (Å²) < 4.78 is 33.5. The molecule has 0 aliphatic rings. The van der Waals surface area contributed by atoms with Crippen molar-refractivity contribution in [2.75, 3.05) is 18.4 Å². The SMILES string of the molecule is COc1ccc(NS(=O)(=O)c2ccc(CCNC(C)=O)cc2)c2cccnc12. The number of rotatable bonds is 7. The molecular weight excluding hydrogens is 378 g/mol. The van der Waals surface area contributed by atoms with E-state index in [1.807, 2.05) is 0 Å². The number of carbonyl (C=O) groups is 1. The molecule has 0 aliphatic heterocycles. The number of amides is 1. The van der Waals surface area contributed by atoms with Gasteiger partial charge in [-0.25, -0.2) is 8.42 Å². The van der Waals surface area contributed by atoms with Crippen molar-refractivity contribution in [1.29, 1.82) is 0 Å². The third-order valence-electron chi connectivity index (χ3n) is 4.22. The van der Waals surface area contributed by atoms with Crippen LogP contribution < -0.4 is 14.8 Å². The van der Waals surface area contributed by atoms with Gasteiger partial charge in [0.2, 0.25) is 5.91 Å². The number of fused-ring (bicyclic) bond motifs is 1. The molecule has 0 aliphatic carbocycles. The third kappa shape index (κ3) is 4.40. The summed E-state index contributed by atoms with van der Waals surface area (Å²) in [7, 11) is -2.22. The van der Waals surface area contributed by atoms with Crippen molar-refractivity contribution in [2.45, 2.75) is 18.2 Å². The standard InChI is InChI=1S/C20H21N3O4S/c1-14(24)21-13-11-15-5-7-16(8-6-15)28(25,26)23-18-9-10-19(27-2)20-17(18)4-3-12-22-20/h3-10,12,23H,11,13H2,1-2H3,(H,21,24). The minimum absolute atomic E-state index is 0.0930. The average molecular weight is 399 g/mol. The van der Waals surface area contributed by atoms with Crippen LogP contribution in [0.4, 0.5) is 5.69 Å². The Kier molecular flexibility index (Phi) is 5.79. The average Bonchev–Trinajstić information content (AvgIpc) is 2.68. The number of ether oxygens (including phenoxy) is 1. The van der Waals surface area contributed by atoms with Crippen LogP contribution in [0.25, 0.3) is 10.9 Å². The fourth-order valence-electron chi connectivity index (χ4n) is 2.82. The number of anilines is 1. The number of carbonyl (C=O) groups excluding carboxylic acids is 1. The quantitative estimate of drug-likeness (QED) is 0.637. The van der Waals surface area contributed by atoms with E-state index in [2.05, 4.69) is 15.0 Å². The molecule has 0 radical (unpaired) electrons. The lowest BCUT2D eigenvalue weighted by molar-refractivity contribution is -0.118. The van der Waals surface area contributed by atoms with Crippen LogP contribution in [-0.2, 0) is 21.2 Å². The molecule has 1 amide bonds. The van der Waals surface area contributed by atoms with Crippen molar-refractivity contribution in [3.63, 3.8) is 0 Å². The maximum atomic E-state index is 12.8. The molecular formula is C20H21N3O4S. The van der Waals surface area contributed by atoms with Crippen molar-refractivity contribution in [3.8, 4) is 5.75 Å². The molecule has 0 saturated heterocycles. The summed E-state index contributed by atoms with van der Waals surface area (Å²) in [6.07, 6.45) is 2.25. The first kappa shape index (κ1) is 19.6. The van der Waals surface area contributed by atoms with Crippen molar-refractivity contribution in [3.05, 3.63) is 60.3 Å². The molecule has 3 aromatic rings. The number of hydrogen-bond donors (Lipinski definition) is 2. The van der Waals surface area contributed by atoms with E-state index in [9.17, 15) is 13.2 Å². The molecule has 2 N–H and O–H groups in total. The molecule has 28 heavy (non-hydrogen) atoms. The molecule has 1 heterocycles. The van der Waals surface area contributed by atoms with Gasteiger partial charge in [0.1, 0.15) is 11.3 Å². The number of methoxy groups -OCH3 is 1. The van der Waals surface area contributed by atoms with Crippen LogP contribution in [0, 0.1) is 0 Å². The van der Waals surface area contributed by atoms with Gasteiger partial charge in [-0.2, -0.15) is 0 Å². The van der Waals surface area contributed by atoms with E-state index < -0.39 is 10.0 Å². The van der Waals surface area contributed by atoms with E-state index in [-0.39, 0.29) is 10.8 Å². The Hall–Kier alpha value is -3.13. The normalized spacial score (nSPS) is 11.2. The van der Waals surface area contributed by atoms with Gasteiger partial charge in [-0.3, -0.25) is 14.5 Å². The first-order chi connectivity index (χ1) is 13.4. The molecule has 1 aromatic heterocycles. The van der Waals surface area contributed by atoms with Gasteiger partial charge in [0, 0.05) is 25.1 Å². The van der Waals surface area contributed by atoms with E-state index in [1.54, 1.807) is 61.8 Å². The van der Waals surface area contributed by atoms with E-state index in [1.165, 1.54) is 6.92 Å². The van der Waals surface area contributed by atoms with Gasteiger partial charge in [0.15, 0.2) is 0 Å². The van der Waals surface area contributed by atoms with E-state index in [0.29, 0.717) is 35.3 Å². The Balaban J connectivity index is 1.82. The van der Waals surface area contributed by atoms with E-state index >= 15 is 0 Å². The molecule has 0 unspecified atom stereocenters. The summed E-state index contributed by atoms with van der Waals surface area (Å²) >= 11 is 0. The highest BCUT2D eigenvalue weighted by molar-refractivity contribution is 7.92. The zero-order valence-corrected chi connectivity index (χ0v) is 16.4. The second-order valence-corrected chi connectivity index (χ2v) is 7.88. The zero-order chi connectivity index (χ0) is 20.1. The zero-order valence-electron chi connectivity index (χ0n) is 15.6. The van der Waals surface area contributed by atoms with Crippen LogP contribution in [0.1, 0.15) is 12.5 Å². The Labute approximate surface area is 163 Å². The van der Waals surface area contributed by atoms with E-state index in [0.717, 1.165) is 5.56 Å². The van der Waals surface area contributed by atoms with Gasteiger partial charge in [0.05, 0.1) is 17.7 Å². The van der Waals surface area contributed by atoms with Crippen molar-refractivity contribution >= 4 is 32.5 Å². The number of sulfonamides is 1. The summed E-state index contributed by atoms with van der Waals surface area (Å²) in [4.78, 5) is 15.3. The van der Waals surface area contributed by atoms with Crippen LogP contribution in [0.2, 0.25) is 0 Å². The maximum absolute atomic E-state index is 12.8. The lowest BCUT2D eigenvalue weighted by atomic mass is 10.1. The first-order valence-electron chi connectivity index (χ1n) is 8.68. The second kappa shape index (κ2) is 8.26. The molecule has 0 spiro atoms. The number of hydrogen-bond acceptors (Lipinski definition) is 5. The summed E-state index contributed by atoms with van der Waals surface area (Å²) in [5, 5.41) is 3.36. The number of aromatic nitrogens is 1. The highest BCUT2D eigenvalue weighted by Gasteiger charge is 2.17. The number of benzene rings is 2. The van der Waals surface area contributed by atoms with Crippen LogP contribution in [0.5, 0.6) is 5.75 Å². The molecule has 7 nitrogen and oxygen atoms in total. The molecule has 0 bridgehead atoms. The van der Waals surface area contributed by atoms with Crippen LogP contribution >= 0.6 is 0 Å². The Bertz CT molecular complexity index is 1100. The lowest BCUT2D eigenvalue weighted by Crippen LogP contribution is -2.22. The summed E-state index contributed by atoms with van der Waals surface area (Å²) in [6, 6.07) is 13.4. The molecule has 8 heteroatoms. The van der Waals surface area contributed by atoms with Gasteiger partial charge < -0.3 is 10.1 Å². The van der Waals surface area contributed by atoms with Gasteiger partial charge in [-0.05, 0) is 48.4 Å². The smallest absolute Gasteiger partial charge is 0.261 e. The highest BCUT2D eigenvalue weighted by atomic mass is 32.2.